The molecule has 0 fully saturated rings. The van der Waals surface area contributed by atoms with Crippen molar-refractivity contribution < 1.29 is 18.0 Å². The predicted octanol–water partition coefficient (Wildman–Crippen LogP) is 3.29. The van der Waals surface area contributed by atoms with E-state index in [1.54, 1.807) is 12.5 Å². The number of hydrogen-bond acceptors (Lipinski definition) is 2. The molecule has 23 heavy (non-hydrogen) atoms. The van der Waals surface area contributed by atoms with Crippen LogP contribution in [0.4, 0.5) is 13.2 Å². The zero-order valence-electron chi connectivity index (χ0n) is 12.6. The Morgan fingerprint density at radius 2 is 1.87 bits per heavy atom. The van der Waals surface area contributed by atoms with Crippen molar-refractivity contribution in [2.75, 3.05) is 6.54 Å². The van der Waals surface area contributed by atoms with E-state index < -0.39 is 28.9 Å². The van der Waals surface area contributed by atoms with E-state index in [-0.39, 0.29) is 0 Å². The summed E-state index contributed by atoms with van der Waals surface area (Å²) < 4.78 is 41.3. The highest BCUT2D eigenvalue weighted by Gasteiger charge is 2.18. The number of carbonyl (C=O) groups excluding carboxylic acids is 1. The molecule has 1 aromatic heterocycles. The number of aryl methyl sites for hydroxylation is 1. The third-order valence-electron chi connectivity index (χ3n) is 3.47. The molecule has 1 amide bonds. The highest BCUT2D eigenvalue weighted by molar-refractivity contribution is 5.94. The number of benzene rings is 1. The number of aromatic nitrogens is 2. The lowest BCUT2D eigenvalue weighted by molar-refractivity contribution is 0.0947. The van der Waals surface area contributed by atoms with Gasteiger partial charge in [-0.05, 0) is 25.0 Å². The number of halogens is 3. The molecule has 2 rings (SSSR count). The molecular formula is C16H18F3N3O. The third-order valence-corrected chi connectivity index (χ3v) is 3.47. The first kappa shape index (κ1) is 17.1. The van der Waals surface area contributed by atoms with Gasteiger partial charge in [0.2, 0.25) is 0 Å². The van der Waals surface area contributed by atoms with Gasteiger partial charge in [0.05, 0.1) is 11.9 Å². The fourth-order valence-electron chi connectivity index (χ4n) is 2.19. The highest BCUT2D eigenvalue weighted by atomic mass is 19.2. The van der Waals surface area contributed by atoms with Crippen molar-refractivity contribution in [3.8, 4) is 0 Å². The minimum Gasteiger partial charge on any atom is -0.352 e. The number of amides is 1. The van der Waals surface area contributed by atoms with E-state index in [0.717, 1.165) is 44.4 Å². The van der Waals surface area contributed by atoms with Crippen LogP contribution in [-0.2, 0) is 6.54 Å². The molecule has 2 aromatic rings. The second kappa shape index (κ2) is 8.36. The summed E-state index contributed by atoms with van der Waals surface area (Å²) in [6.45, 7) is 1.26. The first-order valence-electron chi connectivity index (χ1n) is 7.47. The zero-order valence-corrected chi connectivity index (χ0v) is 12.6. The molecule has 0 aliphatic rings. The van der Waals surface area contributed by atoms with E-state index in [0.29, 0.717) is 6.54 Å². The molecule has 0 spiro atoms. The number of carbonyl (C=O) groups is 1. The molecular weight excluding hydrogens is 307 g/mol. The lowest BCUT2D eigenvalue weighted by Gasteiger charge is -2.07. The van der Waals surface area contributed by atoms with Crippen LogP contribution in [0, 0.1) is 17.5 Å². The normalized spacial score (nSPS) is 10.7. The molecule has 0 atom stereocenters. The van der Waals surface area contributed by atoms with Crippen LogP contribution in [0.1, 0.15) is 36.0 Å². The fraction of sp³-hybridized carbons (Fsp3) is 0.375. The van der Waals surface area contributed by atoms with Gasteiger partial charge in [-0.3, -0.25) is 4.79 Å². The van der Waals surface area contributed by atoms with Gasteiger partial charge in [0.25, 0.3) is 5.91 Å². The van der Waals surface area contributed by atoms with Crippen LogP contribution in [0.3, 0.4) is 0 Å². The molecule has 0 saturated heterocycles. The van der Waals surface area contributed by atoms with Gasteiger partial charge < -0.3 is 9.88 Å². The topological polar surface area (TPSA) is 46.9 Å². The van der Waals surface area contributed by atoms with Crippen molar-refractivity contribution >= 4 is 5.91 Å². The molecule has 0 unspecified atom stereocenters. The average molecular weight is 325 g/mol. The van der Waals surface area contributed by atoms with Gasteiger partial charge in [-0.2, -0.15) is 0 Å². The lowest BCUT2D eigenvalue weighted by atomic mass is 10.1. The number of nitrogens with zero attached hydrogens (tertiary/aromatic N) is 2. The minimum absolute atomic E-state index is 0.363. The number of imidazole rings is 1. The Morgan fingerprint density at radius 1 is 1.09 bits per heavy atom. The van der Waals surface area contributed by atoms with E-state index in [9.17, 15) is 18.0 Å². The van der Waals surface area contributed by atoms with Crippen molar-refractivity contribution in [3.05, 3.63) is 53.9 Å². The molecule has 0 saturated carbocycles. The Bertz CT molecular complexity index is 644. The van der Waals surface area contributed by atoms with Gasteiger partial charge in [-0.25, -0.2) is 18.2 Å². The maximum absolute atomic E-state index is 13.4. The van der Waals surface area contributed by atoms with Gasteiger partial charge in [-0.15, -0.1) is 0 Å². The first-order chi connectivity index (χ1) is 11.1. The lowest BCUT2D eigenvalue weighted by Crippen LogP contribution is -2.25. The summed E-state index contributed by atoms with van der Waals surface area (Å²) in [7, 11) is 0. The summed E-state index contributed by atoms with van der Waals surface area (Å²) in [5.41, 5.74) is -0.482. The summed E-state index contributed by atoms with van der Waals surface area (Å²) in [5.74, 6) is -5.13. The number of rotatable bonds is 8. The van der Waals surface area contributed by atoms with Crippen LogP contribution in [0.25, 0.3) is 0 Å². The van der Waals surface area contributed by atoms with Crippen molar-refractivity contribution in [1.29, 1.82) is 0 Å². The van der Waals surface area contributed by atoms with Crippen LogP contribution in [0.5, 0.6) is 0 Å². The quantitative estimate of drug-likeness (QED) is 0.598. The van der Waals surface area contributed by atoms with Crippen LogP contribution in [-0.4, -0.2) is 22.0 Å². The summed E-state index contributed by atoms with van der Waals surface area (Å²) >= 11 is 0. The van der Waals surface area contributed by atoms with Crippen LogP contribution in [0.15, 0.2) is 30.9 Å². The summed E-state index contributed by atoms with van der Waals surface area (Å²) in [5, 5.41) is 2.51. The Morgan fingerprint density at radius 3 is 2.61 bits per heavy atom. The SMILES string of the molecule is O=C(NCCCCCCn1ccnc1)c1ccc(F)c(F)c1F. The zero-order chi connectivity index (χ0) is 16.7. The Kier molecular flexibility index (Phi) is 6.19. The molecule has 1 heterocycles. The fourth-order valence-corrected chi connectivity index (χ4v) is 2.19. The van der Waals surface area contributed by atoms with E-state index in [4.69, 9.17) is 0 Å². The Hall–Kier alpha value is -2.31. The molecule has 0 aliphatic heterocycles. The van der Waals surface area contributed by atoms with Crippen LogP contribution in [0.2, 0.25) is 0 Å². The smallest absolute Gasteiger partial charge is 0.254 e. The largest absolute Gasteiger partial charge is 0.352 e. The van der Waals surface area contributed by atoms with Gasteiger partial charge in [0, 0.05) is 25.5 Å². The standard InChI is InChI=1S/C16H18F3N3O/c17-13-6-5-12(14(18)15(13)19)16(23)21-7-3-1-2-4-9-22-10-8-20-11-22/h5-6,8,10-11H,1-4,7,9H2,(H,21,23). The van der Waals surface area contributed by atoms with E-state index in [1.165, 1.54) is 0 Å². The Balaban J connectivity index is 1.64. The number of hydrogen-bond donors (Lipinski definition) is 1. The molecule has 7 heteroatoms. The average Bonchev–Trinajstić information content (AvgIpc) is 3.05. The predicted molar refractivity (Wildman–Crippen MR) is 79.3 cm³/mol. The second-order valence-electron chi connectivity index (χ2n) is 5.19. The molecule has 124 valence electrons. The van der Waals surface area contributed by atoms with Gasteiger partial charge in [0.1, 0.15) is 0 Å². The summed E-state index contributed by atoms with van der Waals surface area (Å²) in [4.78, 5) is 15.7. The van der Waals surface area contributed by atoms with E-state index >= 15 is 0 Å². The maximum atomic E-state index is 13.4. The monoisotopic (exact) mass is 325 g/mol. The maximum Gasteiger partial charge on any atom is 0.254 e. The van der Waals surface area contributed by atoms with Gasteiger partial charge in [-0.1, -0.05) is 12.8 Å². The first-order valence-corrected chi connectivity index (χ1v) is 7.47. The summed E-state index contributed by atoms with van der Waals surface area (Å²) in [6, 6.07) is 1.68. The van der Waals surface area contributed by atoms with Gasteiger partial charge >= 0.3 is 0 Å². The van der Waals surface area contributed by atoms with Crippen molar-refractivity contribution in [2.24, 2.45) is 0 Å². The van der Waals surface area contributed by atoms with Gasteiger partial charge in [0.15, 0.2) is 17.5 Å². The molecule has 1 aromatic carbocycles. The van der Waals surface area contributed by atoms with Crippen LogP contribution >= 0.6 is 0 Å². The minimum atomic E-state index is -1.63. The van der Waals surface area contributed by atoms with Crippen molar-refractivity contribution in [2.45, 2.75) is 32.2 Å². The van der Waals surface area contributed by atoms with Crippen molar-refractivity contribution in [1.82, 2.24) is 14.9 Å². The molecule has 1 N–H and O–H groups in total. The molecule has 4 nitrogen and oxygen atoms in total. The molecule has 0 aliphatic carbocycles. The molecule has 0 radical (unpaired) electrons. The molecule has 0 bridgehead atoms. The Labute approximate surface area is 132 Å². The number of nitrogens with one attached hydrogen (secondary N) is 1. The van der Waals surface area contributed by atoms with E-state index in [1.807, 2.05) is 10.8 Å². The van der Waals surface area contributed by atoms with Crippen molar-refractivity contribution in [3.63, 3.8) is 0 Å². The van der Waals surface area contributed by atoms with Crippen LogP contribution < -0.4 is 5.32 Å². The van der Waals surface area contributed by atoms with E-state index in [2.05, 4.69) is 10.3 Å². The third kappa shape index (κ3) is 4.84. The second-order valence-corrected chi connectivity index (χ2v) is 5.19. The summed E-state index contributed by atoms with van der Waals surface area (Å²) in [6.07, 6.45) is 9.03. The highest BCUT2D eigenvalue weighted by Crippen LogP contribution is 2.15. The number of unbranched alkanes of at least 4 members (excludes halogenated alkanes) is 3.